The predicted octanol–water partition coefficient (Wildman–Crippen LogP) is 3.53. The Hall–Kier alpha value is -2.93. The summed E-state index contributed by atoms with van der Waals surface area (Å²) in [7, 11) is 2.10. The molecule has 0 amide bonds. The van der Waals surface area contributed by atoms with Crippen LogP contribution in [-0.4, -0.2) is 45.6 Å². The molecule has 2 saturated heterocycles. The fourth-order valence-electron chi connectivity index (χ4n) is 4.59. The Morgan fingerprint density at radius 3 is 2.48 bits per heavy atom. The SMILES string of the molecule is Cc1cc(-c2ccc(-c3ccc(N(C)C4C[C@H]5CC[C@@H](C4)N5)nn3)c(O)c2)on1. The molecule has 1 aromatic carbocycles. The van der Waals surface area contributed by atoms with Crippen LogP contribution in [0.1, 0.15) is 31.4 Å². The number of rotatable bonds is 4. The van der Waals surface area contributed by atoms with Gasteiger partial charge in [-0.1, -0.05) is 11.2 Å². The first-order valence-corrected chi connectivity index (χ1v) is 10.2. The lowest BCUT2D eigenvalue weighted by Gasteiger charge is -2.36. The molecule has 1 unspecified atom stereocenters. The van der Waals surface area contributed by atoms with E-state index in [0.29, 0.717) is 35.1 Å². The van der Waals surface area contributed by atoms with E-state index < -0.39 is 0 Å². The maximum absolute atomic E-state index is 10.5. The first-order chi connectivity index (χ1) is 14.1. The van der Waals surface area contributed by atoms with Gasteiger partial charge < -0.3 is 19.8 Å². The lowest BCUT2D eigenvalue weighted by atomic mass is 9.98. The van der Waals surface area contributed by atoms with Crippen LogP contribution < -0.4 is 10.2 Å². The normalized spacial score (nSPS) is 23.3. The Bertz CT molecular complexity index is 1000. The number of piperidine rings is 1. The first-order valence-electron chi connectivity index (χ1n) is 10.2. The molecule has 0 aliphatic carbocycles. The van der Waals surface area contributed by atoms with Gasteiger partial charge in [0.1, 0.15) is 5.75 Å². The van der Waals surface area contributed by atoms with Gasteiger partial charge in [-0.25, -0.2) is 0 Å². The first kappa shape index (κ1) is 18.1. The van der Waals surface area contributed by atoms with E-state index in [1.165, 1.54) is 12.8 Å². The number of hydrogen-bond acceptors (Lipinski definition) is 7. The van der Waals surface area contributed by atoms with Crippen LogP contribution in [0.3, 0.4) is 0 Å². The molecule has 0 spiro atoms. The molecular weight excluding hydrogens is 366 g/mol. The molecule has 0 radical (unpaired) electrons. The zero-order valence-corrected chi connectivity index (χ0v) is 16.7. The molecule has 2 N–H and O–H groups in total. The summed E-state index contributed by atoms with van der Waals surface area (Å²) >= 11 is 0. The summed E-state index contributed by atoms with van der Waals surface area (Å²) in [5.41, 5.74) is 2.87. The molecule has 3 atom stereocenters. The van der Waals surface area contributed by atoms with Gasteiger partial charge in [-0.15, -0.1) is 10.2 Å². The van der Waals surface area contributed by atoms with Gasteiger partial charge in [-0.05, 0) is 56.9 Å². The Morgan fingerprint density at radius 2 is 1.86 bits per heavy atom. The van der Waals surface area contributed by atoms with Gasteiger partial charge >= 0.3 is 0 Å². The number of aromatic nitrogens is 3. The van der Waals surface area contributed by atoms with Crippen molar-refractivity contribution in [2.45, 2.75) is 50.7 Å². The van der Waals surface area contributed by atoms with Crippen molar-refractivity contribution in [3.05, 3.63) is 42.1 Å². The van der Waals surface area contributed by atoms with E-state index in [4.69, 9.17) is 4.52 Å². The Labute approximate surface area is 169 Å². The van der Waals surface area contributed by atoms with Crippen LogP contribution in [0.15, 0.2) is 40.9 Å². The molecule has 2 aromatic heterocycles. The molecule has 4 heterocycles. The number of phenolic OH excluding ortho intramolecular Hbond substituents is 1. The number of aryl methyl sites for hydroxylation is 1. The molecule has 2 bridgehead atoms. The maximum Gasteiger partial charge on any atom is 0.167 e. The van der Waals surface area contributed by atoms with E-state index >= 15 is 0 Å². The van der Waals surface area contributed by atoms with Crippen LogP contribution in [0.5, 0.6) is 5.75 Å². The van der Waals surface area contributed by atoms with E-state index in [-0.39, 0.29) is 5.75 Å². The van der Waals surface area contributed by atoms with E-state index in [1.54, 1.807) is 6.07 Å². The third-order valence-corrected chi connectivity index (χ3v) is 6.19. The average Bonchev–Trinajstić information content (AvgIpc) is 3.32. The lowest BCUT2D eigenvalue weighted by molar-refractivity contribution is 0.353. The van der Waals surface area contributed by atoms with Gasteiger partial charge in [-0.2, -0.15) is 0 Å². The molecule has 150 valence electrons. The van der Waals surface area contributed by atoms with Crippen molar-refractivity contribution in [3.8, 4) is 28.3 Å². The minimum atomic E-state index is 0.141. The zero-order chi connectivity index (χ0) is 20.0. The second kappa shape index (κ2) is 7.15. The van der Waals surface area contributed by atoms with Crippen molar-refractivity contribution in [2.75, 3.05) is 11.9 Å². The third kappa shape index (κ3) is 3.46. The molecule has 7 heteroatoms. The molecule has 3 aromatic rings. The van der Waals surface area contributed by atoms with E-state index in [2.05, 4.69) is 32.6 Å². The second-order valence-electron chi connectivity index (χ2n) is 8.22. The van der Waals surface area contributed by atoms with Crippen LogP contribution in [0.4, 0.5) is 5.82 Å². The smallest absolute Gasteiger partial charge is 0.167 e. The Kier molecular flexibility index (Phi) is 4.47. The number of phenols is 1. The average molecular weight is 391 g/mol. The van der Waals surface area contributed by atoms with Gasteiger partial charge in [0.15, 0.2) is 11.6 Å². The summed E-state index contributed by atoms with van der Waals surface area (Å²) in [6.07, 6.45) is 4.87. The molecule has 0 saturated carbocycles. The van der Waals surface area contributed by atoms with Crippen LogP contribution in [0.2, 0.25) is 0 Å². The molecule has 7 nitrogen and oxygen atoms in total. The number of nitrogens with zero attached hydrogens (tertiary/aromatic N) is 4. The topological polar surface area (TPSA) is 87.3 Å². The molecule has 2 fully saturated rings. The summed E-state index contributed by atoms with van der Waals surface area (Å²) in [6, 6.07) is 12.9. The Balaban J connectivity index is 1.34. The minimum Gasteiger partial charge on any atom is -0.507 e. The number of hydrogen-bond donors (Lipinski definition) is 2. The highest BCUT2D eigenvalue weighted by Gasteiger charge is 2.35. The van der Waals surface area contributed by atoms with Gasteiger partial charge in [0.25, 0.3) is 0 Å². The standard InChI is InChI=1S/C22H25N5O2/c1-13-9-21(29-26-13)14-3-6-18(20(28)10-14)19-7-8-22(25-24-19)27(2)17-11-15-4-5-16(12-17)23-15/h3,6-10,15-17,23,28H,4-5,11-12H2,1-2H3/t15-,16+,17?. The van der Waals surface area contributed by atoms with Crippen molar-refractivity contribution in [3.63, 3.8) is 0 Å². The fourth-order valence-corrected chi connectivity index (χ4v) is 4.59. The van der Waals surface area contributed by atoms with Gasteiger partial charge in [-0.3, -0.25) is 0 Å². The largest absolute Gasteiger partial charge is 0.507 e. The number of aromatic hydroxyl groups is 1. The molecule has 2 aliphatic rings. The van der Waals surface area contributed by atoms with Crippen LogP contribution in [-0.2, 0) is 0 Å². The van der Waals surface area contributed by atoms with Gasteiger partial charge in [0.2, 0.25) is 0 Å². The fraction of sp³-hybridized carbons (Fsp3) is 0.409. The zero-order valence-electron chi connectivity index (χ0n) is 16.7. The van der Waals surface area contributed by atoms with Crippen molar-refractivity contribution in [1.29, 1.82) is 0 Å². The Morgan fingerprint density at radius 1 is 1.07 bits per heavy atom. The maximum atomic E-state index is 10.5. The highest BCUT2D eigenvalue weighted by Crippen LogP contribution is 2.34. The number of nitrogens with one attached hydrogen (secondary N) is 1. The number of fused-ring (bicyclic) bond motifs is 2. The number of benzene rings is 1. The van der Waals surface area contributed by atoms with Crippen molar-refractivity contribution < 1.29 is 9.63 Å². The summed E-state index contributed by atoms with van der Waals surface area (Å²) < 4.78 is 5.27. The highest BCUT2D eigenvalue weighted by atomic mass is 16.5. The summed E-state index contributed by atoms with van der Waals surface area (Å²) in [6.45, 7) is 1.87. The third-order valence-electron chi connectivity index (χ3n) is 6.19. The lowest BCUT2D eigenvalue weighted by Crippen LogP contribution is -2.47. The van der Waals surface area contributed by atoms with Crippen LogP contribution >= 0.6 is 0 Å². The van der Waals surface area contributed by atoms with Crippen LogP contribution in [0.25, 0.3) is 22.6 Å². The highest BCUT2D eigenvalue weighted by molar-refractivity contribution is 5.72. The molecule has 5 rings (SSSR count). The molecule has 29 heavy (non-hydrogen) atoms. The molecular formula is C22H25N5O2. The summed E-state index contributed by atoms with van der Waals surface area (Å²) in [5.74, 6) is 1.64. The summed E-state index contributed by atoms with van der Waals surface area (Å²) in [5, 5.41) is 26.9. The quantitative estimate of drug-likeness (QED) is 0.703. The minimum absolute atomic E-state index is 0.141. The van der Waals surface area contributed by atoms with Crippen molar-refractivity contribution >= 4 is 5.82 Å². The summed E-state index contributed by atoms with van der Waals surface area (Å²) in [4.78, 5) is 2.25. The van der Waals surface area contributed by atoms with Crippen molar-refractivity contribution in [1.82, 2.24) is 20.7 Å². The van der Waals surface area contributed by atoms with Gasteiger partial charge in [0.05, 0.1) is 11.4 Å². The van der Waals surface area contributed by atoms with Crippen LogP contribution in [0, 0.1) is 6.92 Å². The van der Waals surface area contributed by atoms with E-state index in [1.807, 2.05) is 37.3 Å². The van der Waals surface area contributed by atoms with Gasteiger partial charge in [0, 0.05) is 42.4 Å². The van der Waals surface area contributed by atoms with E-state index in [9.17, 15) is 5.11 Å². The number of anilines is 1. The molecule has 2 aliphatic heterocycles. The van der Waals surface area contributed by atoms with Crippen molar-refractivity contribution in [2.24, 2.45) is 0 Å². The van der Waals surface area contributed by atoms with E-state index in [0.717, 1.165) is 29.9 Å². The predicted molar refractivity (Wildman–Crippen MR) is 111 cm³/mol. The second-order valence-corrected chi connectivity index (χ2v) is 8.22. The monoisotopic (exact) mass is 391 g/mol.